The predicted molar refractivity (Wildman–Crippen MR) is 204 cm³/mol. The Morgan fingerprint density at radius 1 is 0.680 bits per heavy atom. The molecule has 0 unspecified atom stereocenters. The Morgan fingerprint density at radius 3 is 1.70 bits per heavy atom. The van der Waals surface area contributed by atoms with E-state index in [4.69, 9.17) is 0 Å². The Balaban J connectivity index is 0.00000225. The average Bonchev–Trinajstić information content (AvgIpc) is 3.71. The Morgan fingerprint density at radius 2 is 1.24 bits per heavy atom. The summed E-state index contributed by atoms with van der Waals surface area (Å²) in [6.45, 7) is 18.6. The molecular formula is C47H53Cl2Zr. The molecular weight excluding hydrogens is 727 g/mol. The van der Waals surface area contributed by atoms with Crippen LogP contribution < -0.4 is 35.3 Å². The third-order valence-corrected chi connectivity index (χ3v) is 10.00. The van der Waals surface area contributed by atoms with Crippen molar-refractivity contribution in [1.82, 2.24) is 0 Å². The van der Waals surface area contributed by atoms with E-state index in [0.29, 0.717) is 0 Å². The van der Waals surface area contributed by atoms with Crippen molar-refractivity contribution in [3.8, 4) is 11.1 Å². The van der Waals surface area contributed by atoms with Crippen LogP contribution in [0.25, 0.3) is 28.3 Å². The minimum absolute atomic E-state index is 0. The van der Waals surface area contributed by atoms with Crippen molar-refractivity contribution in [3.05, 3.63) is 146 Å². The first-order chi connectivity index (χ1) is 22.5. The van der Waals surface area contributed by atoms with Crippen molar-refractivity contribution in [1.29, 1.82) is 0 Å². The minimum atomic E-state index is -0.0937. The molecule has 4 aromatic rings. The summed E-state index contributed by atoms with van der Waals surface area (Å²) in [5.74, 6) is 0. The molecule has 0 saturated heterocycles. The third-order valence-electron chi connectivity index (χ3n) is 10.00. The van der Waals surface area contributed by atoms with Crippen LogP contribution in [0.2, 0.25) is 0 Å². The van der Waals surface area contributed by atoms with Gasteiger partial charge in [0.05, 0.1) is 0 Å². The Labute approximate surface area is 334 Å². The predicted octanol–water partition coefficient (Wildman–Crippen LogP) is 5.25. The molecule has 259 valence electrons. The van der Waals surface area contributed by atoms with E-state index in [1.807, 2.05) is 0 Å². The van der Waals surface area contributed by atoms with Crippen molar-refractivity contribution in [3.63, 3.8) is 0 Å². The van der Waals surface area contributed by atoms with Crippen LogP contribution in [0.3, 0.4) is 0 Å². The second-order valence-corrected chi connectivity index (χ2v) is 15.8. The molecule has 2 aliphatic carbocycles. The van der Waals surface area contributed by atoms with Crippen molar-refractivity contribution >= 4 is 17.2 Å². The molecule has 0 heterocycles. The molecule has 0 nitrogen and oxygen atoms in total. The zero-order valence-corrected chi connectivity index (χ0v) is 35.3. The Kier molecular flexibility index (Phi) is 14.6. The SMILES string of the molecule is CCCCc1ccc(C(c2ccc(CCCC)cc2)=c2cc3c(c(C4=CC=CC4)c2C(C)(C)C)=[C-]c2cc(C(C)(C)C)ccc2-3)cc1.[Cl-].[Cl-].[Zr+3]. The maximum atomic E-state index is 3.97. The molecule has 3 heteroatoms. The summed E-state index contributed by atoms with van der Waals surface area (Å²) in [4.78, 5) is 0. The number of hydrogen-bond donors (Lipinski definition) is 0. The van der Waals surface area contributed by atoms with Crippen LogP contribution in [0.15, 0.2) is 91.0 Å². The molecule has 0 N–H and O–H groups in total. The first-order valence-corrected chi connectivity index (χ1v) is 18.0. The van der Waals surface area contributed by atoms with Gasteiger partial charge in [0, 0.05) is 0 Å². The fourth-order valence-electron chi connectivity index (χ4n) is 7.35. The first-order valence-electron chi connectivity index (χ1n) is 18.0. The summed E-state index contributed by atoms with van der Waals surface area (Å²) in [6, 6.07) is 28.5. The van der Waals surface area contributed by atoms with E-state index in [2.05, 4.69) is 152 Å². The van der Waals surface area contributed by atoms with E-state index in [0.717, 1.165) is 19.3 Å². The molecule has 0 spiro atoms. The monoisotopic (exact) mass is 777 g/mol. The molecule has 0 aromatic heterocycles. The topological polar surface area (TPSA) is 0 Å². The summed E-state index contributed by atoms with van der Waals surface area (Å²) >= 11 is 0. The molecule has 0 saturated carbocycles. The molecule has 2 aliphatic rings. The Bertz CT molecular complexity index is 1910. The van der Waals surface area contributed by atoms with Crippen LogP contribution in [0.1, 0.15) is 132 Å². The van der Waals surface area contributed by atoms with Gasteiger partial charge in [-0.2, -0.15) is 0 Å². The van der Waals surface area contributed by atoms with Gasteiger partial charge in [0.15, 0.2) is 0 Å². The van der Waals surface area contributed by atoms with Gasteiger partial charge in [-0.3, -0.25) is 0 Å². The average molecular weight is 780 g/mol. The van der Waals surface area contributed by atoms with Crippen molar-refractivity contribution < 1.29 is 51.0 Å². The summed E-state index contributed by atoms with van der Waals surface area (Å²) in [5.41, 5.74) is 16.1. The van der Waals surface area contributed by atoms with Gasteiger partial charge in [-0.1, -0.05) is 175 Å². The van der Waals surface area contributed by atoms with Gasteiger partial charge in [0.25, 0.3) is 0 Å². The van der Waals surface area contributed by atoms with Crippen LogP contribution in [0.4, 0.5) is 0 Å². The third kappa shape index (κ3) is 8.77. The molecule has 0 amide bonds. The molecule has 0 fully saturated rings. The van der Waals surface area contributed by atoms with Crippen LogP contribution in [-0.2, 0) is 49.9 Å². The Hall–Kier alpha value is -2.44. The van der Waals surface area contributed by atoms with Crippen LogP contribution in [0.5, 0.6) is 0 Å². The standard InChI is InChI=1S/C47H53.2ClH.Zr/c1-9-11-15-32-19-23-35(24-20-32)43(36-25-21-33(22-26-36)16-12-10-2)42-31-40-39-28-27-38(46(3,4)5)29-37(39)30-41(40)44(34-17-13-14-18-34)45(42)47(6,7)8;;;/h13-14,17,19-29,31H,9-12,15-16,18H2,1-8H3;2*1H;/q-1;;;+3/p-2. The number of unbranched alkanes of at least 4 members (excludes halogenated alkanes) is 2. The quantitative estimate of drug-likeness (QED) is 0.180. The zero-order valence-electron chi connectivity index (χ0n) is 31.4. The van der Waals surface area contributed by atoms with E-state index in [1.165, 1.54) is 103 Å². The van der Waals surface area contributed by atoms with Gasteiger partial charge in [-0.05, 0) is 76.0 Å². The number of benzene rings is 4. The number of hydrogen-bond acceptors (Lipinski definition) is 0. The smallest absolute Gasteiger partial charge is 1.00 e. The van der Waals surface area contributed by atoms with E-state index < -0.39 is 0 Å². The van der Waals surface area contributed by atoms with E-state index in [9.17, 15) is 0 Å². The van der Waals surface area contributed by atoms with Gasteiger partial charge in [-0.25, -0.2) is 0 Å². The molecule has 4 aromatic carbocycles. The van der Waals surface area contributed by atoms with Crippen LogP contribution in [-0.4, -0.2) is 0 Å². The maximum Gasteiger partial charge on any atom is 3.00 e. The number of rotatable bonds is 9. The summed E-state index contributed by atoms with van der Waals surface area (Å²) in [7, 11) is 0. The fraction of sp³-hybridized carbons (Fsp3) is 0.362. The molecule has 0 bridgehead atoms. The normalized spacial score (nSPS) is 12.9. The van der Waals surface area contributed by atoms with E-state index >= 15 is 0 Å². The first kappa shape index (κ1) is 42.0. The zero-order chi connectivity index (χ0) is 33.3. The summed E-state index contributed by atoms with van der Waals surface area (Å²) in [5, 5.41) is 2.61. The fourth-order valence-corrected chi connectivity index (χ4v) is 7.35. The van der Waals surface area contributed by atoms with Gasteiger partial charge in [0.1, 0.15) is 0 Å². The number of fused-ring (bicyclic) bond motifs is 3. The second kappa shape index (κ2) is 17.4. The molecule has 0 aliphatic heterocycles. The molecule has 50 heavy (non-hydrogen) atoms. The van der Waals surface area contributed by atoms with Crippen molar-refractivity contribution in [2.45, 2.75) is 111 Å². The number of allylic oxidation sites excluding steroid dienone is 4. The molecule has 0 atom stereocenters. The molecule has 1 radical (unpaired) electrons. The molecule has 6 rings (SSSR count). The van der Waals surface area contributed by atoms with Gasteiger partial charge < -0.3 is 24.8 Å². The van der Waals surface area contributed by atoms with E-state index in [-0.39, 0.29) is 61.8 Å². The summed E-state index contributed by atoms with van der Waals surface area (Å²) < 4.78 is 0. The summed E-state index contributed by atoms with van der Waals surface area (Å²) in [6.07, 6.45) is 18.9. The van der Waals surface area contributed by atoms with Crippen LogP contribution in [0, 0.1) is 0 Å². The number of aryl methyl sites for hydroxylation is 2. The van der Waals surface area contributed by atoms with Gasteiger partial charge >= 0.3 is 26.2 Å². The maximum absolute atomic E-state index is 3.97. The van der Waals surface area contributed by atoms with Gasteiger partial charge in [0.2, 0.25) is 0 Å². The van der Waals surface area contributed by atoms with E-state index in [1.54, 1.807) is 0 Å². The van der Waals surface area contributed by atoms with Crippen molar-refractivity contribution in [2.24, 2.45) is 0 Å². The van der Waals surface area contributed by atoms with Crippen molar-refractivity contribution in [2.75, 3.05) is 0 Å². The van der Waals surface area contributed by atoms with Gasteiger partial charge in [-0.15, -0.1) is 34.1 Å². The second-order valence-electron chi connectivity index (χ2n) is 15.8. The minimum Gasteiger partial charge on any atom is -1.00 e. The number of halogens is 2. The van der Waals surface area contributed by atoms with Crippen LogP contribution >= 0.6 is 0 Å². The largest absolute Gasteiger partial charge is 3.00 e.